The molecule has 2 unspecified atom stereocenters. The molecule has 0 bridgehead atoms. The van der Waals surface area contributed by atoms with E-state index in [1.54, 1.807) is 13.0 Å². The van der Waals surface area contributed by atoms with Gasteiger partial charge in [0, 0.05) is 6.04 Å². The predicted octanol–water partition coefficient (Wildman–Crippen LogP) is 3.89. The lowest BCUT2D eigenvalue weighted by Gasteiger charge is -2.23. The largest absolute Gasteiger partial charge is 0.481 e. The molecule has 0 saturated heterocycles. The van der Waals surface area contributed by atoms with Gasteiger partial charge in [-0.1, -0.05) is 6.92 Å². The van der Waals surface area contributed by atoms with Crippen molar-refractivity contribution < 1.29 is 13.5 Å². The smallest absolute Gasteiger partial charge is 0.171 e. The van der Waals surface area contributed by atoms with Crippen molar-refractivity contribution in [1.29, 1.82) is 0 Å². The first-order valence-electron chi connectivity index (χ1n) is 6.76. The summed E-state index contributed by atoms with van der Waals surface area (Å²) in [6.45, 7) is 5.68. The van der Waals surface area contributed by atoms with Gasteiger partial charge in [0.05, 0.1) is 0 Å². The fourth-order valence-corrected chi connectivity index (χ4v) is 2.06. The van der Waals surface area contributed by atoms with Crippen LogP contribution >= 0.6 is 0 Å². The third-order valence-corrected chi connectivity index (χ3v) is 3.29. The number of furan rings is 1. The molecule has 2 aromatic rings. The van der Waals surface area contributed by atoms with E-state index in [-0.39, 0.29) is 18.0 Å². The molecule has 1 aromatic carbocycles. The van der Waals surface area contributed by atoms with Gasteiger partial charge in [-0.05, 0) is 56.2 Å². The van der Waals surface area contributed by atoms with Gasteiger partial charge in [0.1, 0.15) is 23.1 Å². The zero-order valence-corrected chi connectivity index (χ0v) is 12.0. The molecule has 0 fully saturated rings. The van der Waals surface area contributed by atoms with Crippen molar-refractivity contribution in [3.63, 3.8) is 0 Å². The highest BCUT2D eigenvalue weighted by atomic mass is 19.1. The summed E-state index contributed by atoms with van der Waals surface area (Å²) in [4.78, 5) is 0. The number of hydrogen-bond donors (Lipinski definition) is 1. The van der Waals surface area contributed by atoms with Gasteiger partial charge < -0.3 is 14.9 Å². The SMILES string of the molecule is CCC(N)C(Oc1ccc(F)cc1C)c1ccc(C)o1. The van der Waals surface area contributed by atoms with Gasteiger partial charge >= 0.3 is 0 Å². The summed E-state index contributed by atoms with van der Waals surface area (Å²) in [6, 6.07) is 8.00. The van der Waals surface area contributed by atoms with Crippen LogP contribution in [-0.4, -0.2) is 6.04 Å². The van der Waals surface area contributed by atoms with Crippen LogP contribution in [0.25, 0.3) is 0 Å². The zero-order chi connectivity index (χ0) is 14.7. The fourth-order valence-electron chi connectivity index (χ4n) is 2.06. The van der Waals surface area contributed by atoms with Gasteiger partial charge in [-0.15, -0.1) is 0 Å². The molecule has 3 nitrogen and oxygen atoms in total. The average molecular weight is 277 g/mol. The van der Waals surface area contributed by atoms with Crippen LogP contribution in [0.3, 0.4) is 0 Å². The summed E-state index contributed by atoms with van der Waals surface area (Å²) in [5, 5.41) is 0. The molecule has 0 spiro atoms. The molecule has 0 saturated carbocycles. The van der Waals surface area contributed by atoms with E-state index in [0.717, 1.165) is 17.7 Å². The standard InChI is InChI=1S/C16H20FNO2/c1-4-13(18)16(15-7-5-11(3)19-15)20-14-8-6-12(17)9-10(14)2/h5-9,13,16H,4,18H2,1-3H3. The minimum Gasteiger partial charge on any atom is -0.481 e. The Hall–Kier alpha value is -1.81. The Morgan fingerprint density at radius 2 is 2.00 bits per heavy atom. The van der Waals surface area contributed by atoms with Crippen molar-refractivity contribution in [2.24, 2.45) is 5.73 Å². The number of rotatable bonds is 5. The maximum Gasteiger partial charge on any atom is 0.171 e. The molecule has 0 aliphatic rings. The second-order valence-electron chi connectivity index (χ2n) is 4.97. The number of ether oxygens (including phenoxy) is 1. The molecule has 2 rings (SSSR count). The first kappa shape index (κ1) is 14.6. The fraction of sp³-hybridized carbons (Fsp3) is 0.375. The van der Waals surface area contributed by atoms with E-state index in [1.807, 2.05) is 26.0 Å². The van der Waals surface area contributed by atoms with Crippen LogP contribution in [0.15, 0.2) is 34.7 Å². The highest BCUT2D eigenvalue weighted by Crippen LogP contribution is 2.29. The minimum atomic E-state index is -0.377. The Morgan fingerprint density at radius 3 is 2.55 bits per heavy atom. The molecule has 1 aromatic heterocycles. The van der Waals surface area contributed by atoms with Crippen LogP contribution in [0.4, 0.5) is 4.39 Å². The number of hydrogen-bond acceptors (Lipinski definition) is 3. The van der Waals surface area contributed by atoms with Crippen molar-refractivity contribution in [2.45, 2.75) is 39.3 Å². The molecule has 2 N–H and O–H groups in total. The second-order valence-corrected chi connectivity index (χ2v) is 4.97. The Labute approximate surface area is 118 Å². The van der Waals surface area contributed by atoms with Gasteiger partial charge in [-0.3, -0.25) is 0 Å². The van der Waals surface area contributed by atoms with E-state index >= 15 is 0 Å². The topological polar surface area (TPSA) is 48.4 Å². The van der Waals surface area contributed by atoms with E-state index in [4.69, 9.17) is 14.9 Å². The monoisotopic (exact) mass is 277 g/mol. The molecular weight excluding hydrogens is 257 g/mol. The third-order valence-electron chi connectivity index (χ3n) is 3.29. The van der Waals surface area contributed by atoms with Gasteiger partial charge in [-0.2, -0.15) is 0 Å². The van der Waals surface area contributed by atoms with Crippen molar-refractivity contribution in [1.82, 2.24) is 0 Å². The summed E-state index contributed by atoms with van der Waals surface area (Å²) < 4.78 is 24.7. The predicted molar refractivity (Wildman–Crippen MR) is 76.2 cm³/mol. The van der Waals surface area contributed by atoms with Gasteiger partial charge in [0.2, 0.25) is 0 Å². The Bertz CT molecular complexity index is 580. The van der Waals surface area contributed by atoms with E-state index in [2.05, 4.69) is 0 Å². The van der Waals surface area contributed by atoms with E-state index < -0.39 is 0 Å². The maximum atomic E-state index is 13.1. The van der Waals surface area contributed by atoms with Gasteiger partial charge in [-0.25, -0.2) is 4.39 Å². The van der Waals surface area contributed by atoms with Crippen LogP contribution < -0.4 is 10.5 Å². The lowest BCUT2D eigenvalue weighted by molar-refractivity contribution is 0.142. The van der Waals surface area contributed by atoms with Crippen molar-refractivity contribution in [2.75, 3.05) is 0 Å². The number of aryl methyl sites for hydroxylation is 2. The molecule has 2 atom stereocenters. The lowest BCUT2D eigenvalue weighted by atomic mass is 10.1. The first-order valence-corrected chi connectivity index (χ1v) is 6.76. The molecule has 0 amide bonds. The highest BCUT2D eigenvalue weighted by Gasteiger charge is 2.24. The van der Waals surface area contributed by atoms with Crippen LogP contribution in [0.2, 0.25) is 0 Å². The summed E-state index contributed by atoms with van der Waals surface area (Å²) in [7, 11) is 0. The van der Waals surface area contributed by atoms with E-state index in [0.29, 0.717) is 11.5 Å². The van der Waals surface area contributed by atoms with Crippen molar-refractivity contribution in [3.05, 3.63) is 53.2 Å². The lowest BCUT2D eigenvalue weighted by Crippen LogP contribution is -2.31. The van der Waals surface area contributed by atoms with Crippen LogP contribution in [-0.2, 0) is 0 Å². The van der Waals surface area contributed by atoms with Gasteiger partial charge in [0.15, 0.2) is 6.10 Å². The van der Waals surface area contributed by atoms with E-state index in [1.165, 1.54) is 12.1 Å². The quantitative estimate of drug-likeness (QED) is 0.901. The first-order chi connectivity index (χ1) is 9.51. The van der Waals surface area contributed by atoms with Crippen molar-refractivity contribution >= 4 is 0 Å². The minimum absolute atomic E-state index is 0.190. The molecule has 0 aliphatic carbocycles. The van der Waals surface area contributed by atoms with Crippen LogP contribution in [0.5, 0.6) is 5.75 Å². The number of nitrogens with two attached hydrogens (primary N) is 1. The van der Waals surface area contributed by atoms with Crippen LogP contribution in [0.1, 0.15) is 36.5 Å². The Balaban J connectivity index is 2.28. The average Bonchev–Trinajstić information content (AvgIpc) is 2.83. The molecule has 108 valence electrons. The third kappa shape index (κ3) is 3.20. The second kappa shape index (κ2) is 6.09. The summed E-state index contributed by atoms with van der Waals surface area (Å²) in [5.41, 5.74) is 6.86. The molecule has 20 heavy (non-hydrogen) atoms. The Kier molecular flexibility index (Phi) is 4.45. The summed E-state index contributed by atoms with van der Waals surface area (Å²) in [5.74, 6) is 1.85. The van der Waals surface area contributed by atoms with Crippen molar-refractivity contribution in [3.8, 4) is 5.75 Å². The maximum absolute atomic E-state index is 13.1. The molecule has 0 aliphatic heterocycles. The normalized spacial score (nSPS) is 14.1. The number of halogens is 1. The molecular formula is C16H20FNO2. The summed E-state index contributed by atoms with van der Waals surface area (Å²) in [6.07, 6.45) is 0.378. The summed E-state index contributed by atoms with van der Waals surface area (Å²) >= 11 is 0. The molecule has 0 radical (unpaired) electrons. The molecule has 1 heterocycles. The Morgan fingerprint density at radius 1 is 1.25 bits per heavy atom. The number of benzene rings is 1. The molecule has 4 heteroatoms. The van der Waals surface area contributed by atoms with E-state index in [9.17, 15) is 4.39 Å². The van der Waals surface area contributed by atoms with Gasteiger partial charge in [0.25, 0.3) is 0 Å². The highest BCUT2D eigenvalue weighted by molar-refractivity contribution is 5.33. The zero-order valence-electron chi connectivity index (χ0n) is 12.0. The van der Waals surface area contributed by atoms with Crippen LogP contribution in [0, 0.1) is 19.7 Å².